The summed E-state index contributed by atoms with van der Waals surface area (Å²) in [7, 11) is -0.151. The molecule has 0 aliphatic heterocycles. The molecule has 2 aromatic rings. The molecular formula is C15H17NiP+2. The Morgan fingerprint density at radius 1 is 0.765 bits per heavy atom. The fraction of sp³-hybridized carbons (Fsp3) is 0.200. The van der Waals surface area contributed by atoms with E-state index >= 15 is 0 Å². The molecule has 17 heavy (non-hydrogen) atoms. The average molecular weight is 287 g/mol. The van der Waals surface area contributed by atoms with Gasteiger partial charge in [-0.2, -0.15) is 0 Å². The largest absolute Gasteiger partial charge is 2.00 e. The zero-order valence-corrected chi connectivity index (χ0v) is 11.8. The quantitative estimate of drug-likeness (QED) is 0.596. The summed E-state index contributed by atoms with van der Waals surface area (Å²) in [5.74, 6) is 0. The number of hydrogen-bond acceptors (Lipinski definition) is 0. The third-order valence-electron chi connectivity index (χ3n) is 2.58. The monoisotopic (exact) mass is 286 g/mol. The molecule has 0 aromatic heterocycles. The van der Waals surface area contributed by atoms with E-state index < -0.39 is 0 Å². The molecule has 0 atom stereocenters. The molecule has 0 unspecified atom stereocenters. The van der Waals surface area contributed by atoms with Crippen LogP contribution in [0.1, 0.15) is 13.3 Å². The number of hydrogen-bond donors (Lipinski definition) is 0. The molecule has 0 aliphatic carbocycles. The molecule has 2 heteroatoms. The van der Waals surface area contributed by atoms with Crippen molar-refractivity contribution in [3.8, 4) is 0 Å². The molecule has 0 nitrogen and oxygen atoms in total. The van der Waals surface area contributed by atoms with Gasteiger partial charge in [0.15, 0.2) is 0 Å². The van der Waals surface area contributed by atoms with Gasteiger partial charge < -0.3 is 0 Å². The van der Waals surface area contributed by atoms with Crippen molar-refractivity contribution < 1.29 is 16.5 Å². The van der Waals surface area contributed by atoms with Crippen molar-refractivity contribution in [1.82, 2.24) is 0 Å². The first-order valence-corrected chi connectivity index (χ1v) is 7.32. The molecule has 0 amide bonds. The second kappa shape index (κ2) is 7.64. The first-order valence-electron chi connectivity index (χ1n) is 5.79. The van der Waals surface area contributed by atoms with Crippen molar-refractivity contribution in [2.45, 2.75) is 13.3 Å². The Labute approximate surface area is 115 Å². The zero-order chi connectivity index (χ0) is 11.2. The van der Waals surface area contributed by atoms with Crippen LogP contribution in [0.4, 0.5) is 0 Å². The maximum atomic E-state index is 2.27. The molecule has 0 spiro atoms. The smallest absolute Gasteiger partial charge is 0.0650 e. The van der Waals surface area contributed by atoms with E-state index in [4.69, 9.17) is 0 Å². The summed E-state index contributed by atoms with van der Waals surface area (Å²) < 4.78 is 0. The Morgan fingerprint density at radius 3 is 1.53 bits per heavy atom. The average Bonchev–Trinajstić information content (AvgIpc) is 2.38. The van der Waals surface area contributed by atoms with Gasteiger partial charge in [0.2, 0.25) is 0 Å². The van der Waals surface area contributed by atoms with Crippen molar-refractivity contribution in [3.63, 3.8) is 0 Å². The van der Waals surface area contributed by atoms with E-state index in [0.29, 0.717) is 0 Å². The molecule has 0 bridgehead atoms. The Bertz CT molecular complexity index is 374. The molecule has 2 aromatic carbocycles. The van der Waals surface area contributed by atoms with Crippen LogP contribution in [0.2, 0.25) is 0 Å². The molecule has 0 aliphatic rings. The molecule has 0 heterocycles. The first-order chi connectivity index (χ1) is 7.92. The molecule has 90 valence electrons. The minimum absolute atomic E-state index is 0. The second-order valence-electron chi connectivity index (χ2n) is 3.82. The van der Waals surface area contributed by atoms with Crippen molar-refractivity contribution >= 4 is 18.5 Å². The zero-order valence-electron chi connectivity index (χ0n) is 9.95. The van der Waals surface area contributed by atoms with Gasteiger partial charge in [-0.25, -0.2) is 0 Å². The van der Waals surface area contributed by atoms with Crippen LogP contribution < -0.4 is 10.6 Å². The van der Waals surface area contributed by atoms with Gasteiger partial charge in [0, 0.05) is 0 Å². The van der Waals surface area contributed by atoms with Gasteiger partial charge in [0.1, 0.15) is 0 Å². The summed E-state index contributed by atoms with van der Waals surface area (Å²) in [6, 6.07) is 21.8. The van der Waals surface area contributed by atoms with Crippen LogP contribution in [0.15, 0.2) is 60.7 Å². The predicted octanol–water partition coefficient (Wildman–Crippen LogP) is 3.53. The Hall–Kier alpha value is -0.636. The SMILES string of the molecule is CCCP(c1ccccc1)c1ccccc1.[Ni+2]. The van der Waals surface area contributed by atoms with E-state index in [0.717, 1.165) is 0 Å². The van der Waals surface area contributed by atoms with Crippen molar-refractivity contribution in [1.29, 1.82) is 0 Å². The van der Waals surface area contributed by atoms with Crippen molar-refractivity contribution in [3.05, 3.63) is 60.7 Å². The molecule has 0 saturated carbocycles. The van der Waals surface area contributed by atoms with E-state index in [1.807, 2.05) is 0 Å². The van der Waals surface area contributed by atoms with Crippen LogP contribution in [0.25, 0.3) is 0 Å². The molecule has 2 rings (SSSR count). The summed E-state index contributed by atoms with van der Waals surface area (Å²) in [5, 5.41) is 2.98. The van der Waals surface area contributed by atoms with Gasteiger partial charge in [-0.3, -0.25) is 0 Å². The Balaban J connectivity index is 0.00000144. The summed E-state index contributed by atoms with van der Waals surface area (Å²) >= 11 is 0. The van der Waals surface area contributed by atoms with Crippen molar-refractivity contribution in [2.24, 2.45) is 0 Å². The first kappa shape index (κ1) is 14.4. The van der Waals surface area contributed by atoms with Crippen LogP contribution in [-0.4, -0.2) is 6.16 Å². The molecule has 0 N–H and O–H groups in total. The van der Waals surface area contributed by atoms with Crippen LogP contribution in [-0.2, 0) is 16.5 Å². The van der Waals surface area contributed by atoms with E-state index in [-0.39, 0.29) is 24.4 Å². The van der Waals surface area contributed by atoms with Crippen LogP contribution in [0.3, 0.4) is 0 Å². The van der Waals surface area contributed by atoms with Gasteiger partial charge in [0.05, 0.1) is 0 Å². The number of rotatable bonds is 4. The summed E-state index contributed by atoms with van der Waals surface area (Å²) in [6.45, 7) is 2.27. The van der Waals surface area contributed by atoms with Crippen LogP contribution in [0, 0.1) is 0 Å². The fourth-order valence-electron chi connectivity index (χ4n) is 1.85. The van der Waals surface area contributed by atoms with Gasteiger partial charge >= 0.3 is 16.5 Å². The van der Waals surface area contributed by atoms with Crippen LogP contribution in [0.5, 0.6) is 0 Å². The fourth-order valence-corrected chi connectivity index (χ4v) is 4.17. The van der Waals surface area contributed by atoms with Crippen LogP contribution >= 0.6 is 7.92 Å². The summed E-state index contributed by atoms with van der Waals surface area (Å²) in [4.78, 5) is 0. The standard InChI is InChI=1S/C15H17P.Ni/c1-2-13-16(14-9-5-3-6-10-14)15-11-7-4-8-12-15;/h3-12H,2,13H2,1H3;/q;+2. The minimum atomic E-state index is -0.151. The summed E-state index contributed by atoms with van der Waals surface area (Å²) in [6.07, 6.45) is 2.53. The number of benzene rings is 2. The second-order valence-corrected chi connectivity index (χ2v) is 6.16. The molecule has 0 fully saturated rings. The maximum absolute atomic E-state index is 2.27. The third kappa shape index (κ3) is 3.95. The Morgan fingerprint density at radius 2 is 1.18 bits per heavy atom. The van der Waals surface area contributed by atoms with Gasteiger partial charge in [-0.15, -0.1) is 0 Å². The van der Waals surface area contributed by atoms with E-state index in [9.17, 15) is 0 Å². The molecular weight excluding hydrogens is 270 g/mol. The molecule has 0 saturated heterocycles. The van der Waals surface area contributed by atoms with E-state index in [1.54, 1.807) is 0 Å². The van der Waals surface area contributed by atoms with Crippen molar-refractivity contribution in [2.75, 3.05) is 6.16 Å². The summed E-state index contributed by atoms with van der Waals surface area (Å²) in [5.41, 5.74) is 0. The minimum Gasteiger partial charge on any atom is -0.0650 e. The van der Waals surface area contributed by atoms with E-state index in [1.165, 1.54) is 23.2 Å². The van der Waals surface area contributed by atoms with Gasteiger partial charge in [0.25, 0.3) is 0 Å². The topological polar surface area (TPSA) is 0 Å². The predicted molar refractivity (Wildman–Crippen MR) is 74.2 cm³/mol. The van der Waals surface area contributed by atoms with E-state index in [2.05, 4.69) is 67.6 Å². The Kier molecular flexibility index (Phi) is 6.49. The van der Waals surface area contributed by atoms with Gasteiger partial charge in [-0.05, 0) is 24.7 Å². The normalized spacial score (nSPS) is 10.0. The maximum Gasteiger partial charge on any atom is 2.00 e. The van der Waals surface area contributed by atoms with Gasteiger partial charge in [-0.1, -0.05) is 74.0 Å². The molecule has 0 radical (unpaired) electrons. The third-order valence-corrected chi connectivity index (χ3v) is 5.32.